The van der Waals surface area contributed by atoms with E-state index in [1.165, 1.54) is 11.3 Å². The Balaban J connectivity index is 1.97. The Morgan fingerprint density at radius 3 is 2.19 bits per heavy atom. The lowest BCUT2D eigenvalue weighted by atomic mass is 9.67. The first kappa shape index (κ1) is 25.6. The van der Waals surface area contributed by atoms with E-state index in [9.17, 15) is 9.59 Å². The number of esters is 2. The van der Waals surface area contributed by atoms with Crippen LogP contribution in [0.2, 0.25) is 0 Å². The lowest BCUT2D eigenvalue weighted by Gasteiger charge is -2.46. The number of carbonyl (C=O) groups excluding carboxylic acids is 2. The molecule has 0 radical (unpaired) electrons. The molecule has 0 saturated heterocycles. The molecule has 4 rings (SSSR count). The van der Waals surface area contributed by atoms with Gasteiger partial charge in [0, 0.05) is 16.1 Å². The first-order valence-corrected chi connectivity index (χ1v) is 13.0. The van der Waals surface area contributed by atoms with Crippen LogP contribution in [0.15, 0.2) is 71.9 Å². The van der Waals surface area contributed by atoms with Crippen molar-refractivity contribution in [2.45, 2.75) is 46.1 Å². The molecule has 0 fully saturated rings. The van der Waals surface area contributed by atoms with Crippen LogP contribution in [0.3, 0.4) is 0 Å². The Morgan fingerprint density at radius 2 is 1.58 bits per heavy atom. The monoisotopic (exact) mass is 504 g/mol. The van der Waals surface area contributed by atoms with E-state index in [0.29, 0.717) is 16.3 Å². The van der Waals surface area contributed by atoms with Crippen molar-refractivity contribution in [3.05, 3.63) is 87.4 Å². The van der Waals surface area contributed by atoms with Gasteiger partial charge in [-0.1, -0.05) is 60.7 Å². The first-order valence-electron chi connectivity index (χ1n) is 12.2. The summed E-state index contributed by atoms with van der Waals surface area (Å²) in [6.07, 6.45) is 0. The number of hydrogen-bond donors (Lipinski definition) is 1. The Kier molecular flexibility index (Phi) is 7.59. The molecule has 0 saturated carbocycles. The van der Waals surface area contributed by atoms with Gasteiger partial charge in [0.2, 0.25) is 0 Å². The van der Waals surface area contributed by atoms with Crippen LogP contribution in [0, 0.1) is 12.8 Å². The third-order valence-electron chi connectivity index (χ3n) is 6.65. The highest BCUT2D eigenvalue weighted by Gasteiger charge is 2.54. The maximum absolute atomic E-state index is 13.7. The van der Waals surface area contributed by atoms with E-state index in [4.69, 9.17) is 14.5 Å². The van der Waals surface area contributed by atoms with Crippen molar-refractivity contribution in [1.29, 1.82) is 0 Å². The summed E-state index contributed by atoms with van der Waals surface area (Å²) in [7, 11) is 0. The van der Waals surface area contributed by atoms with Gasteiger partial charge in [-0.05, 0) is 40.2 Å². The van der Waals surface area contributed by atoms with Gasteiger partial charge in [-0.25, -0.2) is 9.78 Å². The molecule has 1 aromatic heterocycles. The van der Waals surface area contributed by atoms with E-state index in [0.717, 1.165) is 21.7 Å². The highest BCUT2D eigenvalue weighted by atomic mass is 32.1. The number of nitrogens with zero attached hydrogens (tertiary/aromatic N) is 1. The van der Waals surface area contributed by atoms with Gasteiger partial charge in [-0.15, -0.1) is 11.3 Å². The highest BCUT2D eigenvalue weighted by molar-refractivity contribution is 7.12. The molecule has 0 spiro atoms. The summed E-state index contributed by atoms with van der Waals surface area (Å²) >= 11 is 1.50. The molecular formula is C29H32N2O4S. The van der Waals surface area contributed by atoms with Crippen LogP contribution in [0.1, 0.15) is 49.1 Å². The number of rotatable bonds is 7. The predicted molar refractivity (Wildman–Crippen MR) is 141 cm³/mol. The molecule has 3 unspecified atom stereocenters. The summed E-state index contributed by atoms with van der Waals surface area (Å²) in [6, 6.07) is 19.7. The number of allylic oxidation sites excluding steroid dienone is 1. The largest absolute Gasteiger partial charge is 0.466 e. The molecule has 188 valence electrons. The molecule has 0 aliphatic carbocycles. The van der Waals surface area contributed by atoms with Crippen molar-refractivity contribution < 1.29 is 19.1 Å². The first-order chi connectivity index (χ1) is 17.3. The van der Waals surface area contributed by atoms with Crippen LogP contribution in [-0.2, 0) is 24.6 Å². The van der Waals surface area contributed by atoms with Gasteiger partial charge in [0.25, 0.3) is 0 Å². The fourth-order valence-electron chi connectivity index (χ4n) is 5.08. The average molecular weight is 505 g/mol. The molecule has 1 aliphatic rings. The number of hydrogen-bond acceptors (Lipinski definition) is 7. The second-order valence-electron chi connectivity index (χ2n) is 8.98. The summed E-state index contributed by atoms with van der Waals surface area (Å²) < 4.78 is 11.1. The Hall–Kier alpha value is -3.45. The normalized spacial score (nSPS) is 21.6. The minimum absolute atomic E-state index is 0.231. The zero-order chi connectivity index (χ0) is 25.9. The lowest BCUT2D eigenvalue weighted by Crippen LogP contribution is -2.55. The maximum atomic E-state index is 13.7. The number of thiazole rings is 1. The molecule has 3 atom stereocenters. The van der Waals surface area contributed by atoms with Gasteiger partial charge in [0.05, 0.1) is 41.9 Å². The van der Waals surface area contributed by atoms with E-state index in [1.807, 2.05) is 81.4 Å². The number of aromatic nitrogens is 1. The van der Waals surface area contributed by atoms with Crippen LogP contribution in [0.25, 0.3) is 11.3 Å². The van der Waals surface area contributed by atoms with Crippen molar-refractivity contribution in [1.82, 2.24) is 10.3 Å². The summed E-state index contributed by atoms with van der Waals surface area (Å²) in [5, 5.41) is 4.19. The van der Waals surface area contributed by atoms with E-state index < -0.39 is 23.3 Å². The minimum Gasteiger partial charge on any atom is -0.466 e. The topological polar surface area (TPSA) is 77.5 Å². The summed E-state index contributed by atoms with van der Waals surface area (Å²) in [5.41, 5.74) is 3.00. The zero-order valence-corrected chi connectivity index (χ0v) is 22.1. The van der Waals surface area contributed by atoms with E-state index >= 15 is 0 Å². The summed E-state index contributed by atoms with van der Waals surface area (Å²) in [6.45, 7) is 9.89. The fourth-order valence-corrected chi connectivity index (χ4v) is 6.17. The molecule has 36 heavy (non-hydrogen) atoms. The second-order valence-corrected chi connectivity index (χ2v) is 10.2. The number of benzene rings is 2. The summed E-state index contributed by atoms with van der Waals surface area (Å²) in [5.74, 6) is -2.23. The van der Waals surface area contributed by atoms with Crippen LogP contribution < -0.4 is 5.32 Å². The van der Waals surface area contributed by atoms with E-state index in [1.54, 1.807) is 13.8 Å². The molecule has 0 amide bonds. The van der Waals surface area contributed by atoms with Crippen molar-refractivity contribution in [3.63, 3.8) is 0 Å². The average Bonchev–Trinajstić information content (AvgIpc) is 3.26. The van der Waals surface area contributed by atoms with Gasteiger partial charge in [0.1, 0.15) is 5.01 Å². The van der Waals surface area contributed by atoms with Crippen LogP contribution in [0.5, 0.6) is 0 Å². The Morgan fingerprint density at radius 1 is 0.972 bits per heavy atom. The molecule has 0 bridgehead atoms. The van der Waals surface area contributed by atoms with Crippen LogP contribution in [0.4, 0.5) is 0 Å². The molecule has 2 aromatic carbocycles. The third kappa shape index (κ3) is 4.67. The zero-order valence-electron chi connectivity index (χ0n) is 21.3. The van der Waals surface area contributed by atoms with Gasteiger partial charge in [-0.3, -0.25) is 4.79 Å². The predicted octanol–water partition coefficient (Wildman–Crippen LogP) is 5.74. The molecule has 1 N–H and O–H groups in total. The van der Waals surface area contributed by atoms with Crippen molar-refractivity contribution in [2.75, 3.05) is 13.2 Å². The van der Waals surface area contributed by atoms with Crippen LogP contribution >= 0.6 is 11.3 Å². The standard InChI is InChI=1S/C29H32N2O4S/c1-6-34-27(32)22-18(3)31-29(5,21-16-12-9-13-17-21)24(28(33)35-7-2)23(22)26-30-25(19(4)36-26)20-14-10-8-11-15-20/h8-17,23-24,31H,6-7H2,1-5H3. The molecule has 1 aliphatic heterocycles. The van der Waals surface area contributed by atoms with Gasteiger partial charge in [-0.2, -0.15) is 0 Å². The highest BCUT2D eigenvalue weighted by Crippen LogP contribution is 2.50. The molecule has 2 heterocycles. The number of nitrogens with one attached hydrogen (secondary N) is 1. The number of aryl methyl sites for hydroxylation is 1. The smallest absolute Gasteiger partial charge is 0.336 e. The third-order valence-corrected chi connectivity index (χ3v) is 7.71. The SMILES string of the molecule is CCOC(=O)C1=C(C)NC(C)(c2ccccc2)C(C(=O)OCC)C1c1nc(-c2ccccc2)c(C)s1. The molecule has 6 nitrogen and oxygen atoms in total. The van der Waals surface area contributed by atoms with Gasteiger partial charge in [0.15, 0.2) is 0 Å². The maximum Gasteiger partial charge on any atom is 0.336 e. The van der Waals surface area contributed by atoms with Crippen LogP contribution in [-0.4, -0.2) is 30.1 Å². The lowest BCUT2D eigenvalue weighted by molar-refractivity contribution is -0.152. The quantitative estimate of drug-likeness (QED) is 0.414. The summed E-state index contributed by atoms with van der Waals surface area (Å²) in [4.78, 5) is 33.1. The Bertz CT molecular complexity index is 1270. The molecular weight excluding hydrogens is 472 g/mol. The van der Waals surface area contributed by atoms with Gasteiger partial charge < -0.3 is 14.8 Å². The molecule has 7 heteroatoms. The molecule has 3 aromatic rings. The Labute approximate surface area is 216 Å². The van der Waals surface area contributed by atoms with Crippen molar-refractivity contribution in [3.8, 4) is 11.3 Å². The van der Waals surface area contributed by atoms with E-state index in [2.05, 4.69) is 5.32 Å². The van der Waals surface area contributed by atoms with E-state index in [-0.39, 0.29) is 19.2 Å². The number of ether oxygens (including phenoxy) is 2. The van der Waals surface area contributed by atoms with Crippen molar-refractivity contribution >= 4 is 23.3 Å². The second kappa shape index (κ2) is 10.7. The fraction of sp³-hybridized carbons (Fsp3) is 0.345. The minimum atomic E-state index is -0.843. The number of carbonyl (C=O) groups is 2. The van der Waals surface area contributed by atoms with Crippen molar-refractivity contribution in [2.24, 2.45) is 5.92 Å². The van der Waals surface area contributed by atoms with Gasteiger partial charge >= 0.3 is 11.9 Å².